The molecule has 0 fully saturated rings. The Labute approximate surface area is 184 Å². The third-order valence-electron chi connectivity index (χ3n) is 5.20. The van der Waals surface area contributed by atoms with Crippen LogP contribution in [0, 0.1) is 6.92 Å². The fourth-order valence-electron chi connectivity index (χ4n) is 3.67. The van der Waals surface area contributed by atoms with Crippen LogP contribution in [-0.4, -0.2) is 41.9 Å². The van der Waals surface area contributed by atoms with Gasteiger partial charge in [-0.05, 0) is 36.8 Å². The monoisotopic (exact) mass is 434 g/mol. The lowest BCUT2D eigenvalue weighted by Crippen LogP contribution is -2.49. The van der Waals surface area contributed by atoms with Crippen LogP contribution < -0.4 is 16.0 Å². The van der Waals surface area contributed by atoms with E-state index in [9.17, 15) is 19.2 Å². The molecule has 1 atom stereocenters. The number of hydrogen-bond acceptors (Lipinski definition) is 5. The van der Waals surface area contributed by atoms with Crippen molar-refractivity contribution in [2.45, 2.75) is 19.9 Å². The minimum absolute atomic E-state index is 0.0668. The second-order valence-corrected chi connectivity index (χ2v) is 7.62. The van der Waals surface area contributed by atoms with E-state index in [2.05, 4.69) is 16.0 Å². The van der Waals surface area contributed by atoms with Crippen molar-refractivity contribution >= 4 is 35.2 Å². The molecule has 2 aliphatic heterocycles. The second kappa shape index (κ2) is 8.54. The molecule has 0 spiro atoms. The summed E-state index contributed by atoms with van der Waals surface area (Å²) in [6.07, 6.45) is 0. The van der Waals surface area contributed by atoms with Crippen LogP contribution in [0.25, 0.3) is 0 Å². The zero-order valence-electron chi connectivity index (χ0n) is 17.6. The summed E-state index contributed by atoms with van der Waals surface area (Å²) in [6, 6.07) is 13.0. The quantitative estimate of drug-likeness (QED) is 0.625. The molecule has 2 aromatic carbocycles. The summed E-state index contributed by atoms with van der Waals surface area (Å²) in [5.41, 5.74) is 3.65. The number of urea groups is 1. The first-order chi connectivity index (χ1) is 15.3. The molecule has 9 nitrogen and oxygen atoms in total. The summed E-state index contributed by atoms with van der Waals surface area (Å²) >= 11 is 0. The number of ether oxygens (including phenoxy) is 1. The van der Waals surface area contributed by atoms with Gasteiger partial charge in [-0.2, -0.15) is 0 Å². The fourth-order valence-corrected chi connectivity index (χ4v) is 3.67. The van der Waals surface area contributed by atoms with E-state index in [4.69, 9.17) is 4.74 Å². The van der Waals surface area contributed by atoms with Gasteiger partial charge >= 0.3 is 12.0 Å². The van der Waals surface area contributed by atoms with E-state index < -0.39 is 23.9 Å². The molecule has 164 valence electrons. The molecule has 9 heteroatoms. The van der Waals surface area contributed by atoms with E-state index >= 15 is 0 Å². The molecule has 0 aromatic heterocycles. The number of amides is 4. The molecule has 0 aliphatic carbocycles. The molecular weight excluding hydrogens is 412 g/mol. The molecule has 3 N–H and O–H groups in total. The molecule has 0 unspecified atom stereocenters. The predicted octanol–water partition coefficient (Wildman–Crippen LogP) is 2.47. The number of anilines is 2. The number of nitrogens with one attached hydrogen (secondary N) is 3. The minimum atomic E-state index is -0.631. The first-order valence-electron chi connectivity index (χ1n) is 10.0. The van der Waals surface area contributed by atoms with Crippen LogP contribution in [0.5, 0.6) is 0 Å². The van der Waals surface area contributed by atoms with Crippen molar-refractivity contribution < 1.29 is 23.9 Å². The van der Waals surface area contributed by atoms with E-state index in [1.807, 2.05) is 31.2 Å². The number of hydrogen-bond donors (Lipinski definition) is 3. The van der Waals surface area contributed by atoms with E-state index in [0.29, 0.717) is 22.6 Å². The van der Waals surface area contributed by atoms with Gasteiger partial charge in [0.1, 0.15) is 13.2 Å². The SMILES string of the molecule is CC(=O)Nc1ccc(NC(=O)CN2C(=O)N[C@H](c3ccc(C)cc3)C3=C2COC3=O)cc1. The van der Waals surface area contributed by atoms with Crippen molar-refractivity contribution in [1.29, 1.82) is 0 Å². The average molecular weight is 434 g/mol. The molecular formula is C23H22N4O5. The van der Waals surface area contributed by atoms with Gasteiger partial charge in [-0.1, -0.05) is 29.8 Å². The highest BCUT2D eigenvalue weighted by Crippen LogP contribution is 2.35. The van der Waals surface area contributed by atoms with Crippen LogP contribution in [0.15, 0.2) is 59.8 Å². The minimum Gasteiger partial charge on any atom is -0.456 e. The first-order valence-corrected chi connectivity index (χ1v) is 10.0. The zero-order chi connectivity index (χ0) is 22.8. The Balaban J connectivity index is 1.51. The summed E-state index contributed by atoms with van der Waals surface area (Å²) in [7, 11) is 0. The van der Waals surface area contributed by atoms with E-state index in [1.165, 1.54) is 11.8 Å². The van der Waals surface area contributed by atoms with Gasteiger partial charge in [0.2, 0.25) is 11.8 Å². The second-order valence-electron chi connectivity index (χ2n) is 7.62. The molecule has 2 aromatic rings. The number of cyclic esters (lactones) is 1. The number of aryl methyl sites for hydroxylation is 1. The number of benzene rings is 2. The maximum absolute atomic E-state index is 12.8. The number of esters is 1. The lowest BCUT2D eigenvalue weighted by Gasteiger charge is -2.32. The van der Waals surface area contributed by atoms with Crippen LogP contribution in [0.4, 0.5) is 16.2 Å². The van der Waals surface area contributed by atoms with Crippen molar-refractivity contribution in [3.63, 3.8) is 0 Å². The van der Waals surface area contributed by atoms with Crippen LogP contribution >= 0.6 is 0 Å². The van der Waals surface area contributed by atoms with Gasteiger partial charge in [0.15, 0.2) is 0 Å². The topological polar surface area (TPSA) is 117 Å². The number of rotatable bonds is 5. The van der Waals surface area contributed by atoms with Gasteiger partial charge in [0.05, 0.1) is 17.3 Å². The maximum atomic E-state index is 12.8. The van der Waals surface area contributed by atoms with Crippen molar-refractivity contribution in [1.82, 2.24) is 10.2 Å². The molecule has 2 heterocycles. The molecule has 0 saturated heterocycles. The number of carbonyl (C=O) groups is 4. The lowest BCUT2D eigenvalue weighted by molar-refractivity contribution is -0.136. The summed E-state index contributed by atoms with van der Waals surface area (Å²) in [6.45, 7) is 3.01. The van der Waals surface area contributed by atoms with Gasteiger partial charge in [-0.15, -0.1) is 0 Å². The van der Waals surface area contributed by atoms with Gasteiger partial charge in [-0.3, -0.25) is 14.5 Å². The van der Waals surface area contributed by atoms with Crippen molar-refractivity contribution in [3.8, 4) is 0 Å². The highest BCUT2D eigenvalue weighted by atomic mass is 16.5. The van der Waals surface area contributed by atoms with Crippen LogP contribution in [0.3, 0.4) is 0 Å². The average Bonchev–Trinajstić information content (AvgIpc) is 3.13. The Morgan fingerprint density at radius 1 is 1.03 bits per heavy atom. The predicted molar refractivity (Wildman–Crippen MR) is 117 cm³/mol. The summed E-state index contributed by atoms with van der Waals surface area (Å²) < 4.78 is 5.19. The summed E-state index contributed by atoms with van der Waals surface area (Å²) in [4.78, 5) is 50.2. The molecule has 0 bridgehead atoms. The first kappa shape index (κ1) is 21.1. The Kier molecular flexibility index (Phi) is 5.63. The van der Waals surface area contributed by atoms with Gasteiger partial charge in [0.25, 0.3) is 0 Å². The molecule has 4 rings (SSSR count). The fraction of sp³-hybridized carbons (Fsp3) is 0.217. The Hall–Kier alpha value is -4.14. The molecule has 32 heavy (non-hydrogen) atoms. The zero-order valence-corrected chi connectivity index (χ0v) is 17.6. The highest BCUT2D eigenvalue weighted by molar-refractivity contribution is 6.00. The normalized spacial score (nSPS) is 17.4. The number of carbonyl (C=O) groups excluding carboxylic acids is 4. The standard InChI is InChI=1S/C23H22N4O5/c1-13-3-5-15(6-4-13)21-20-18(12-32-22(20)30)27(23(31)26-21)11-19(29)25-17-9-7-16(8-10-17)24-14(2)28/h3-10,21H,11-12H2,1-2H3,(H,24,28)(H,25,29)(H,26,31)/t21-/m1/s1. The Morgan fingerprint density at radius 3 is 2.28 bits per heavy atom. The summed E-state index contributed by atoms with van der Waals surface area (Å²) in [5, 5.41) is 8.16. The Bertz CT molecular complexity index is 1120. The molecule has 2 aliphatic rings. The van der Waals surface area contributed by atoms with Crippen molar-refractivity contribution in [3.05, 3.63) is 70.9 Å². The van der Waals surface area contributed by atoms with Crippen molar-refractivity contribution in [2.75, 3.05) is 23.8 Å². The smallest absolute Gasteiger partial charge is 0.338 e. The number of nitrogens with zero attached hydrogens (tertiary/aromatic N) is 1. The third kappa shape index (κ3) is 4.31. The lowest BCUT2D eigenvalue weighted by atomic mass is 9.95. The van der Waals surface area contributed by atoms with E-state index in [0.717, 1.165) is 11.1 Å². The largest absolute Gasteiger partial charge is 0.456 e. The third-order valence-corrected chi connectivity index (χ3v) is 5.20. The Morgan fingerprint density at radius 2 is 1.66 bits per heavy atom. The van der Waals surface area contributed by atoms with Gasteiger partial charge in [-0.25, -0.2) is 9.59 Å². The van der Waals surface area contributed by atoms with Crippen LogP contribution in [-0.2, 0) is 19.1 Å². The van der Waals surface area contributed by atoms with Gasteiger partial charge in [0, 0.05) is 18.3 Å². The van der Waals surface area contributed by atoms with E-state index in [1.54, 1.807) is 24.3 Å². The molecule has 0 saturated carbocycles. The van der Waals surface area contributed by atoms with Gasteiger partial charge < -0.3 is 20.7 Å². The van der Waals surface area contributed by atoms with Crippen LogP contribution in [0.1, 0.15) is 24.1 Å². The maximum Gasteiger partial charge on any atom is 0.338 e. The van der Waals surface area contributed by atoms with Crippen LogP contribution in [0.2, 0.25) is 0 Å². The molecule has 0 radical (unpaired) electrons. The van der Waals surface area contributed by atoms with Crippen molar-refractivity contribution in [2.24, 2.45) is 0 Å². The summed E-state index contributed by atoms with van der Waals surface area (Å²) in [5.74, 6) is -1.14. The molecule has 4 amide bonds. The van der Waals surface area contributed by atoms with E-state index in [-0.39, 0.29) is 19.1 Å². The highest BCUT2D eigenvalue weighted by Gasteiger charge is 2.42.